The molecule has 1 saturated heterocycles. The van der Waals surface area contributed by atoms with Crippen molar-refractivity contribution >= 4 is 5.91 Å². The highest BCUT2D eigenvalue weighted by Crippen LogP contribution is 2.20. The molecule has 4 nitrogen and oxygen atoms in total. The van der Waals surface area contributed by atoms with Gasteiger partial charge < -0.3 is 16.0 Å². The summed E-state index contributed by atoms with van der Waals surface area (Å²) >= 11 is 0. The van der Waals surface area contributed by atoms with E-state index in [2.05, 4.69) is 17.1 Å². The molecule has 0 aliphatic carbocycles. The topological polar surface area (TPSA) is 58.4 Å². The van der Waals surface area contributed by atoms with Crippen LogP contribution < -0.4 is 11.1 Å². The molecule has 1 unspecified atom stereocenters. The Morgan fingerprint density at radius 1 is 1.41 bits per heavy atom. The van der Waals surface area contributed by atoms with Gasteiger partial charge in [-0.3, -0.25) is 4.79 Å². The molecule has 17 heavy (non-hydrogen) atoms. The fourth-order valence-electron chi connectivity index (χ4n) is 2.15. The predicted octanol–water partition coefficient (Wildman–Crippen LogP) is 0.962. The Morgan fingerprint density at radius 3 is 2.41 bits per heavy atom. The average Bonchev–Trinajstić information content (AvgIpc) is 2.38. The molecule has 1 heterocycles. The third kappa shape index (κ3) is 3.68. The molecule has 1 aliphatic heterocycles. The Labute approximate surface area is 105 Å². The van der Waals surface area contributed by atoms with Gasteiger partial charge >= 0.3 is 0 Å². The summed E-state index contributed by atoms with van der Waals surface area (Å²) in [5, 5.41) is 3.16. The van der Waals surface area contributed by atoms with Crippen LogP contribution in [0.1, 0.15) is 40.0 Å². The van der Waals surface area contributed by atoms with E-state index < -0.39 is 5.41 Å². The summed E-state index contributed by atoms with van der Waals surface area (Å²) in [4.78, 5) is 14.6. The Kier molecular flexibility index (Phi) is 5.40. The largest absolute Gasteiger partial charge is 0.353 e. The lowest BCUT2D eigenvalue weighted by Gasteiger charge is -2.34. The van der Waals surface area contributed by atoms with Crippen molar-refractivity contribution in [2.45, 2.75) is 46.1 Å². The van der Waals surface area contributed by atoms with Gasteiger partial charge in [-0.25, -0.2) is 0 Å². The molecule has 0 radical (unpaired) electrons. The highest BCUT2D eigenvalue weighted by Gasteiger charge is 2.31. The maximum atomic E-state index is 12.1. The number of nitrogens with one attached hydrogen (secondary N) is 1. The quantitative estimate of drug-likeness (QED) is 0.754. The van der Waals surface area contributed by atoms with Crippen molar-refractivity contribution in [3.63, 3.8) is 0 Å². The third-order valence-corrected chi connectivity index (χ3v) is 4.15. The van der Waals surface area contributed by atoms with Gasteiger partial charge in [0.05, 0.1) is 5.41 Å². The van der Waals surface area contributed by atoms with E-state index >= 15 is 0 Å². The lowest BCUT2D eigenvalue weighted by molar-refractivity contribution is -0.131. The Bertz CT molecular complexity index is 243. The molecule has 1 rings (SSSR count). The van der Waals surface area contributed by atoms with Crippen molar-refractivity contribution < 1.29 is 4.79 Å². The summed E-state index contributed by atoms with van der Waals surface area (Å²) in [5.41, 5.74) is 5.30. The molecular weight excluding hydrogens is 214 g/mol. The molecule has 1 fully saturated rings. The smallest absolute Gasteiger partial charge is 0.227 e. The molecule has 0 saturated carbocycles. The van der Waals surface area contributed by atoms with Gasteiger partial charge in [0.2, 0.25) is 5.91 Å². The molecule has 100 valence electrons. The van der Waals surface area contributed by atoms with Crippen LogP contribution in [0.4, 0.5) is 0 Å². The lowest BCUT2D eigenvalue weighted by Crippen LogP contribution is -2.50. The highest BCUT2D eigenvalue weighted by atomic mass is 16.2. The zero-order valence-corrected chi connectivity index (χ0v) is 11.5. The second kappa shape index (κ2) is 6.36. The fraction of sp³-hybridized carbons (Fsp3) is 0.923. The second-order valence-electron chi connectivity index (χ2n) is 5.30. The Morgan fingerprint density at radius 2 is 2.00 bits per heavy atom. The van der Waals surface area contributed by atoms with E-state index in [-0.39, 0.29) is 5.91 Å². The molecule has 0 spiro atoms. The summed E-state index contributed by atoms with van der Waals surface area (Å²) in [7, 11) is 0. The maximum absolute atomic E-state index is 12.1. The molecule has 1 atom stereocenters. The minimum atomic E-state index is -0.401. The van der Waals surface area contributed by atoms with Gasteiger partial charge in [0.25, 0.3) is 0 Å². The normalized spacial score (nSPS) is 22.1. The number of likely N-dealkylation sites (tertiary alicyclic amines) is 1. The number of hydrogen-bond donors (Lipinski definition) is 2. The van der Waals surface area contributed by atoms with Gasteiger partial charge in [-0.2, -0.15) is 0 Å². The van der Waals surface area contributed by atoms with Gasteiger partial charge in [-0.15, -0.1) is 0 Å². The van der Waals surface area contributed by atoms with E-state index in [4.69, 9.17) is 5.73 Å². The molecule has 1 aliphatic rings. The monoisotopic (exact) mass is 241 g/mol. The van der Waals surface area contributed by atoms with Gasteiger partial charge in [0.1, 0.15) is 0 Å². The lowest BCUT2D eigenvalue weighted by atomic mass is 9.86. The standard InChI is InChI=1S/C13H27N3O/c1-4-13(3,10-14)12(17)15-11-6-8-16(5-2)9-7-11/h11H,4-10,14H2,1-3H3,(H,15,17). The zero-order chi connectivity index (χ0) is 12.9. The highest BCUT2D eigenvalue weighted by molar-refractivity contribution is 5.82. The van der Waals surface area contributed by atoms with Crippen LogP contribution in [0.2, 0.25) is 0 Å². The molecule has 0 bridgehead atoms. The number of rotatable bonds is 5. The first-order valence-electron chi connectivity index (χ1n) is 6.79. The minimum Gasteiger partial charge on any atom is -0.353 e. The second-order valence-corrected chi connectivity index (χ2v) is 5.30. The first kappa shape index (κ1) is 14.5. The van der Waals surface area contributed by atoms with E-state index in [1.54, 1.807) is 0 Å². The summed E-state index contributed by atoms with van der Waals surface area (Å²) in [6, 6.07) is 0.336. The fourth-order valence-corrected chi connectivity index (χ4v) is 2.15. The number of amides is 1. The first-order valence-corrected chi connectivity index (χ1v) is 6.79. The molecule has 0 aromatic rings. The number of nitrogens with zero attached hydrogens (tertiary/aromatic N) is 1. The van der Waals surface area contributed by atoms with E-state index in [0.717, 1.165) is 38.9 Å². The van der Waals surface area contributed by atoms with Crippen molar-refractivity contribution in [3.05, 3.63) is 0 Å². The third-order valence-electron chi connectivity index (χ3n) is 4.15. The van der Waals surface area contributed by atoms with Gasteiger partial charge in [0, 0.05) is 25.7 Å². The minimum absolute atomic E-state index is 0.123. The number of carbonyl (C=O) groups excluding carboxylic acids is 1. The summed E-state index contributed by atoms with van der Waals surface area (Å²) in [6.45, 7) is 9.86. The van der Waals surface area contributed by atoms with Crippen LogP contribution >= 0.6 is 0 Å². The predicted molar refractivity (Wildman–Crippen MR) is 70.7 cm³/mol. The Hall–Kier alpha value is -0.610. The van der Waals surface area contributed by atoms with Crippen molar-refractivity contribution in [1.29, 1.82) is 0 Å². The maximum Gasteiger partial charge on any atom is 0.227 e. The molecule has 1 amide bonds. The molecule has 0 aromatic heterocycles. The number of hydrogen-bond acceptors (Lipinski definition) is 3. The van der Waals surface area contributed by atoms with Gasteiger partial charge in [-0.05, 0) is 32.7 Å². The van der Waals surface area contributed by atoms with Crippen molar-refractivity contribution in [3.8, 4) is 0 Å². The van der Waals surface area contributed by atoms with Crippen LogP contribution in [0, 0.1) is 5.41 Å². The van der Waals surface area contributed by atoms with Crippen LogP contribution in [0.3, 0.4) is 0 Å². The molecule has 3 N–H and O–H groups in total. The van der Waals surface area contributed by atoms with Crippen molar-refractivity contribution in [1.82, 2.24) is 10.2 Å². The Balaban J connectivity index is 2.42. The van der Waals surface area contributed by atoms with Crippen LogP contribution in [0.5, 0.6) is 0 Å². The van der Waals surface area contributed by atoms with Crippen LogP contribution in [0.15, 0.2) is 0 Å². The molecular formula is C13H27N3O. The van der Waals surface area contributed by atoms with E-state index in [1.165, 1.54) is 0 Å². The van der Waals surface area contributed by atoms with E-state index in [1.807, 2.05) is 13.8 Å². The summed E-state index contributed by atoms with van der Waals surface area (Å²) in [5.74, 6) is 0.123. The van der Waals surface area contributed by atoms with E-state index in [0.29, 0.717) is 12.6 Å². The van der Waals surface area contributed by atoms with E-state index in [9.17, 15) is 4.79 Å². The summed E-state index contributed by atoms with van der Waals surface area (Å²) < 4.78 is 0. The van der Waals surface area contributed by atoms with Crippen LogP contribution in [0.25, 0.3) is 0 Å². The number of piperidine rings is 1. The number of carbonyl (C=O) groups is 1. The van der Waals surface area contributed by atoms with Crippen molar-refractivity contribution in [2.75, 3.05) is 26.2 Å². The SMILES string of the molecule is CCN1CCC(NC(=O)C(C)(CC)CN)CC1. The van der Waals surface area contributed by atoms with Gasteiger partial charge in [0.15, 0.2) is 0 Å². The van der Waals surface area contributed by atoms with Crippen LogP contribution in [-0.4, -0.2) is 43.0 Å². The zero-order valence-electron chi connectivity index (χ0n) is 11.5. The van der Waals surface area contributed by atoms with Crippen molar-refractivity contribution in [2.24, 2.45) is 11.1 Å². The number of nitrogens with two attached hydrogens (primary N) is 1. The summed E-state index contributed by atoms with van der Waals surface area (Å²) in [6.07, 6.45) is 2.91. The van der Waals surface area contributed by atoms with Gasteiger partial charge in [-0.1, -0.05) is 13.8 Å². The van der Waals surface area contributed by atoms with Crippen LogP contribution in [-0.2, 0) is 4.79 Å². The molecule has 4 heteroatoms. The average molecular weight is 241 g/mol. The molecule has 0 aromatic carbocycles. The first-order chi connectivity index (χ1) is 8.05.